The van der Waals surface area contributed by atoms with E-state index in [2.05, 4.69) is 5.32 Å². The lowest BCUT2D eigenvalue weighted by atomic mass is 10.1. The zero-order valence-corrected chi connectivity index (χ0v) is 12.6. The normalized spacial score (nSPS) is 12.8. The van der Waals surface area contributed by atoms with Crippen molar-refractivity contribution in [1.82, 2.24) is 0 Å². The summed E-state index contributed by atoms with van der Waals surface area (Å²) in [6.07, 6.45) is 1.05. The van der Waals surface area contributed by atoms with Crippen molar-refractivity contribution in [1.29, 1.82) is 0 Å². The number of benzene rings is 1. The van der Waals surface area contributed by atoms with Crippen LogP contribution in [0.4, 0.5) is 10.5 Å². The molecule has 112 valence electrons. The number of hydrogen-bond donors (Lipinski definition) is 3. The molecule has 0 spiro atoms. The van der Waals surface area contributed by atoms with Crippen LogP contribution < -0.4 is 11.1 Å². The standard InChI is InChI=1S/C15H24N2O3/c1-10(16)5-6-11-7-8-13(18)12(9-11)17-14(19)20-15(2,3)4/h7-10,18H,5-6,16H2,1-4H3,(H,17,19)/t10-/m0/s1. The summed E-state index contributed by atoms with van der Waals surface area (Å²) < 4.78 is 5.15. The Bertz CT molecular complexity index is 465. The minimum Gasteiger partial charge on any atom is -0.506 e. The van der Waals surface area contributed by atoms with Gasteiger partial charge in [0.15, 0.2) is 0 Å². The number of phenols is 1. The lowest BCUT2D eigenvalue weighted by Gasteiger charge is -2.20. The summed E-state index contributed by atoms with van der Waals surface area (Å²) in [6.45, 7) is 7.29. The quantitative estimate of drug-likeness (QED) is 0.740. The number of phenolic OH excluding ortho intramolecular Hbond substituents is 1. The fourth-order valence-electron chi connectivity index (χ4n) is 1.65. The molecule has 0 bridgehead atoms. The van der Waals surface area contributed by atoms with Gasteiger partial charge in [-0.3, -0.25) is 5.32 Å². The van der Waals surface area contributed by atoms with E-state index in [0.29, 0.717) is 5.69 Å². The number of rotatable bonds is 4. The first kappa shape index (κ1) is 16.3. The average Bonchev–Trinajstić information content (AvgIpc) is 2.27. The molecule has 0 aliphatic heterocycles. The Hall–Kier alpha value is -1.75. The van der Waals surface area contributed by atoms with E-state index < -0.39 is 11.7 Å². The molecule has 1 aromatic rings. The minimum absolute atomic E-state index is 0.0143. The molecule has 0 unspecified atom stereocenters. The largest absolute Gasteiger partial charge is 0.506 e. The van der Waals surface area contributed by atoms with Crippen molar-refractivity contribution in [2.75, 3.05) is 5.32 Å². The van der Waals surface area contributed by atoms with Gasteiger partial charge in [-0.2, -0.15) is 0 Å². The van der Waals surface area contributed by atoms with Crippen LogP contribution in [0.1, 0.15) is 39.7 Å². The highest BCUT2D eigenvalue weighted by Gasteiger charge is 2.17. The summed E-state index contributed by atoms with van der Waals surface area (Å²) >= 11 is 0. The molecule has 0 radical (unpaired) electrons. The van der Waals surface area contributed by atoms with E-state index in [1.54, 1.807) is 32.9 Å². The first-order valence-electron chi connectivity index (χ1n) is 6.75. The van der Waals surface area contributed by atoms with Crippen LogP contribution in [0.5, 0.6) is 5.75 Å². The van der Waals surface area contributed by atoms with Gasteiger partial charge in [0.1, 0.15) is 11.4 Å². The number of anilines is 1. The number of amides is 1. The summed E-state index contributed by atoms with van der Waals surface area (Å²) in [5.41, 5.74) is 6.50. The molecule has 5 heteroatoms. The Morgan fingerprint density at radius 1 is 1.45 bits per heavy atom. The molecule has 0 heterocycles. The first-order chi connectivity index (χ1) is 9.17. The van der Waals surface area contributed by atoms with E-state index in [1.807, 2.05) is 13.0 Å². The number of carbonyl (C=O) groups excluding carboxylic acids is 1. The van der Waals surface area contributed by atoms with Gasteiger partial charge in [-0.15, -0.1) is 0 Å². The fourth-order valence-corrected chi connectivity index (χ4v) is 1.65. The second-order valence-corrected chi connectivity index (χ2v) is 5.99. The fraction of sp³-hybridized carbons (Fsp3) is 0.533. The van der Waals surface area contributed by atoms with E-state index in [1.165, 1.54) is 0 Å². The molecular weight excluding hydrogens is 256 g/mol. The Kier molecular flexibility index (Phi) is 5.39. The van der Waals surface area contributed by atoms with Crippen LogP contribution in [0.15, 0.2) is 18.2 Å². The Morgan fingerprint density at radius 3 is 2.65 bits per heavy atom. The number of nitrogens with two attached hydrogens (primary N) is 1. The van der Waals surface area contributed by atoms with Crippen LogP contribution in [0.2, 0.25) is 0 Å². The third-order valence-electron chi connectivity index (χ3n) is 2.58. The van der Waals surface area contributed by atoms with Gasteiger partial charge in [0, 0.05) is 6.04 Å². The van der Waals surface area contributed by atoms with E-state index in [4.69, 9.17) is 10.5 Å². The summed E-state index contributed by atoms with van der Waals surface area (Å²) in [5, 5.41) is 12.3. The van der Waals surface area contributed by atoms with Crippen molar-refractivity contribution in [3.05, 3.63) is 23.8 Å². The van der Waals surface area contributed by atoms with Crippen LogP contribution in [0.3, 0.4) is 0 Å². The van der Waals surface area contributed by atoms with Crippen molar-refractivity contribution < 1.29 is 14.6 Å². The minimum atomic E-state index is -0.586. The molecule has 1 aromatic carbocycles. The van der Waals surface area contributed by atoms with Gasteiger partial charge in [-0.25, -0.2) is 4.79 Å². The molecule has 20 heavy (non-hydrogen) atoms. The summed E-state index contributed by atoms with van der Waals surface area (Å²) in [6, 6.07) is 5.23. The molecule has 0 aliphatic rings. The topological polar surface area (TPSA) is 84.6 Å². The lowest BCUT2D eigenvalue weighted by Crippen LogP contribution is -2.27. The molecule has 1 rings (SSSR count). The molecule has 5 nitrogen and oxygen atoms in total. The predicted molar refractivity (Wildman–Crippen MR) is 79.9 cm³/mol. The number of hydrogen-bond acceptors (Lipinski definition) is 4. The van der Waals surface area contributed by atoms with Gasteiger partial charge >= 0.3 is 6.09 Å². The van der Waals surface area contributed by atoms with Crippen molar-refractivity contribution in [3.8, 4) is 5.75 Å². The van der Waals surface area contributed by atoms with E-state index in [0.717, 1.165) is 18.4 Å². The highest BCUT2D eigenvalue weighted by atomic mass is 16.6. The summed E-state index contributed by atoms with van der Waals surface area (Å²) in [4.78, 5) is 11.7. The van der Waals surface area contributed by atoms with Crippen molar-refractivity contribution in [2.24, 2.45) is 5.73 Å². The molecule has 0 aliphatic carbocycles. The SMILES string of the molecule is C[C@H](N)CCc1ccc(O)c(NC(=O)OC(C)(C)C)c1. The molecule has 1 amide bonds. The summed E-state index contributed by atoms with van der Waals surface area (Å²) in [7, 11) is 0. The lowest BCUT2D eigenvalue weighted by molar-refractivity contribution is 0.0635. The smallest absolute Gasteiger partial charge is 0.412 e. The predicted octanol–water partition coefficient (Wildman–Crippen LogP) is 3.02. The third kappa shape index (κ3) is 5.93. The van der Waals surface area contributed by atoms with E-state index in [9.17, 15) is 9.90 Å². The second-order valence-electron chi connectivity index (χ2n) is 5.99. The van der Waals surface area contributed by atoms with Crippen LogP contribution in [0, 0.1) is 0 Å². The maximum absolute atomic E-state index is 11.7. The number of aryl methyl sites for hydroxylation is 1. The highest BCUT2D eigenvalue weighted by Crippen LogP contribution is 2.25. The molecule has 0 saturated heterocycles. The number of nitrogens with one attached hydrogen (secondary N) is 1. The molecule has 4 N–H and O–H groups in total. The van der Waals surface area contributed by atoms with E-state index >= 15 is 0 Å². The Morgan fingerprint density at radius 2 is 2.10 bits per heavy atom. The monoisotopic (exact) mass is 280 g/mol. The number of aromatic hydroxyl groups is 1. The van der Waals surface area contributed by atoms with Gasteiger partial charge in [0.2, 0.25) is 0 Å². The summed E-state index contributed by atoms with van der Waals surface area (Å²) in [5.74, 6) is 0.0143. The second kappa shape index (κ2) is 6.61. The average molecular weight is 280 g/mol. The van der Waals surface area contributed by atoms with Crippen LogP contribution in [-0.4, -0.2) is 22.8 Å². The molecule has 0 aromatic heterocycles. The maximum atomic E-state index is 11.7. The Labute approximate surface area is 120 Å². The molecular formula is C15H24N2O3. The molecule has 1 atom stereocenters. The van der Waals surface area contributed by atoms with Crippen molar-refractivity contribution in [3.63, 3.8) is 0 Å². The Balaban J connectivity index is 2.73. The van der Waals surface area contributed by atoms with E-state index in [-0.39, 0.29) is 11.8 Å². The molecule has 0 saturated carbocycles. The zero-order chi connectivity index (χ0) is 15.3. The van der Waals surface area contributed by atoms with Crippen LogP contribution >= 0.6 is 0 Å². The van der Waals surface area contributed by atoms with Crippen molar-refractivity contribution in [2.45, 2.75) is 52.2 Å². The van der Waals surface area contributed by atoms with Gasteiger partial charge in [-0.1, -0.05) is 6.07 Å². The van der Waals surface area contributed by atoms with Gasteiger partial charge < -0.3 is 15.6 Å². The molecule has 0 fully saturated rings. The number of ether oxygens (including phenoxy) is 1. The maximum Gasteiger partial charge on any atom is 0.412 e. The third-order valence-corrected chi connectivity index (χ3v) is 2.58. The van der Waals surface area contributed by atoms with Gasteiger partial charge in [0.05, 0.1) is 5.69 Å². The first-order valence-corrected chi connectivity index (χ1v) is 6.75. The highest BCUT2D eigenvalue weighted by molar-refractivity contribution is 5.87. The van der Waals surface area contributed by atoms with Crippen LogP contribution in [-0.2, 0) is 11.2 Å². The zero-order valence-electron chi connectivity index (χ0n) is 12.6. The van der Waals surface area contributed by atoms with Crippen molar-refractivity contribution >= 4 is 11.8 Å². The number of carbonyl (C=O) groups is 1. The van der Waals surface area contributed by atoms with Gasteiger partial charge in [-0.05, 0) is 58.2 Å². The van der Waals surface area contributed by atoms with Gasteiger partial charge in [0.25, 0.3) is 0 Å². The van der Waals surface area contributed by atoms with Crippen LogP contribution in [0.25, 0.3) is 0 Å².